The highest BCUT2D eigenvalue weighted by Crippen LogP contribution is 2.16. The van der Waals surface area contributed by atoms with Crippen molar-refractivity contribution in [3.8, 4) is 0 Å². The summed E-state index contributed by atoms with van der Waals surface area (Å²) in [6.07, 6.45) is 1.21. The molecule has 2 aliphatic rings. The summed E-state index contributed by atoms with van der Waals surface area (Å²) < 4.78 is 10.8. The molecular weight excluding hydrogens is 256 g/mol. The van der Waals surface area contributed by atoms with Gasteiger partial charge in [-0.15, -0.1) is 0 Å². The maximum atomic E-state index is 5.43. The highest BCUT2D eigenvalue weighted by Gasteiger charge is 2.30. The van der Waals surface area contributed by atoms with Gasteiger partial charge in [0, 0.05) is 52.4 Å². The van der Waals surface area contributed by atoms with Crippen LogP contribution in [0.4, 0.5) is 0 Å². The number of nitrogens with one attached hydrogen (secondary N) is 1. The normalized spacial score (nSPS) is 25.2. The van der Waals surface area contributed by atoms with Crippen LogP contribution in [0.15, 0.2) is 4.99 Å². The van der Waals surface area contributed by atoms with Gasteiger partial charge >= 0.3 is 0 Å². The van der Waals surface area contributed by atoms with Gasteiger partial charge in [0.25, 0.3) is 0 Å². The van der Waals surface area contributed by atoms with Gasteiger partial charge in [-0.3, -0.25) is 9.89 Å². The first-order valence-corrected chi connectivity index (χ1v) is 7.70. The van der Waals surface area contributed by atoms with Gasteiger partial charge in [0.1, 0.15) is 0 Å². The molecule has 0 spiro atoms. The summed E-state index contributed by atoms with van der Waals surface area (Å²) in [6, 6.07) is 0.643. The van der Waals surface area contributed by atoms with Crippen LogP contribution in [-0.4, -0.2) is 88.0 Å². The molecule has 1 atom stereocenters. The van der Waals surface area contributed by atoms with Crippen LogP contribution in [0.2, 0.25) is 0 Å². The Morgan fingerprint density at radius 1 is 1.35 bits per heavy atom. The third kappa shape index (κ3) is 4.33. The Balaban J connectivity index is 1.74. The van der Waals surface area contributed by atoms with Gasteiger partial charge in [0.15, 0.2) is 5.96 Å². The van der Waals surface area contributed by atoms with Crippen molar-refractivity contribution in [1.29, 1.82) is 0 Å². The van der Waals surface area contributed by atoms with E-state index in [1.807, 2.05) is 14.0 Å². The zero-order valence-electron chi connectivity index (χ0n) is 12.8. The average Bonchev–Trinajstić information content (AvgIpc) is 2.98. The zero-order chi connectivity index (χ0) is 14.2. The van der Waals surface area contributed by atoms with E-state index in [-0.39, 0.29) is 0 Å². The molecule has 0 radical (unpaired) electrons. The second-order valence-electron chi connectivity index (χ2n) is 5.21. The molecule has 6 heteroatoms. The zero-order valence-corrected chi connectivity index (χ0v) is 12.8. The van der Waals surface area contributed by atoms with Gasteiger partial charge in [-0.2, -0.15) is 0 Å². The average molecular weight is 284 g/mol. The fourth-order valence-electron chi connectivity index (χ4n) is 2.89. The quantitative estimate of drug-likeness (QED) is 0.438. The molecule has 2 rings (SSSR count). The highest BCUT2D eigenvalue weighted by molar-refractivity contribution is 5.80. The maximum absolute atomic E-state index is 5.43. The van der Waals surface area contributed by atoms with E-state index in [0.29, 0.717) is 6.04 Å². The molecule has 2 aliphatic heterocycles. The molecule has 0 aromatic heterocycles. The van der Waals surface area contributed by atoms with E-state index in [1.165, 1.54) is 6.42 Å². The van der Waals surface area contributed by atoms with Crippen molar-refractivity contribution in [2.45, 2.75) is 19.4 Å². The summed E-state index contributed by atoms with van der Waals surface area (Å²) >= 11 is 0. The van der Waals surface area contributed by atoms with Gasteiger partial charge < -0.3 is 19.7 Å². The lowest BCUT2D eigenvalue weighted by atomic mass is 10.2. The van der Waals surface area contributed by atoms with E-state index in [2.05, 4.69) is 20.1 Å². The SMILES string of the molecule is CCOCCNC(=NC)N1CCC(N2CCOCC2)C1. The van der Waals surface area contributed by atoms with Gasteiger partial charge in [-0.05, 0) is 13.3 Å². The predicted molar refractivity (Wildman–Crippen MR) is 80.2 cm³/mol. The van der Waals surface area contributed by atoms with Crippen LogP contribution in [0.1, 0.15) is 13.3 Å². The molecule has 116 valence electrons. The Kier molecular flexibility index (Phi) is 6.56. The first kappa shape index (κ1) is 15.5. The lowest BCUT2D eigenvalue weighted by molar-refractivity contribution is 0.0194. The second-order valence-corrected chi connectivity index (χ2v) is 5.21. The standard InChI is InChI=1S/C14H28N4O2/c1-3-19-9-5-16-14(15-2)18-6-4-13(12-18)17-7-10-20-11-8-17/h13H,3-12H2,1-2H3,(H,15,16). The van der Waals surface area contributed by atoms with Crippen LogP contribution in [-0.2, 0) is 9.47 Å². The van der Waals surface area contributed by atoms with Crippen LogP contribution in [0, 0.1) is 0 Å². The van der Waals surface area contributed by atoms with Crippen LogP contribution in [0.5, 0.6) is 0 Å². The van der Waals surface area contributed by atoms with Gasteiger partial charge in [-0.1, -0.05) is 0 Å². The molecule has 2 heterocycles. The van der Waals surface area contributed by atoms with Crippen molar-refractivity contribution in [3.63, 3.8) is 0 Å². The number of hydrogen-bond acceptors (Lipinski definition) is 4. The molecule has 0 bridgehead atoms. The lowest BCUT2D eigenvalue weighted by Gasteiger charge is -2.32. The van der Waals surface area contributed by atoms with Crippen molar-refractivity contribution in [2.75, 3.05) is 66.2 Å². The molecule has 1 unspecified atom stereocenters. The third-order valence-corrected chi connectivity index (χ3v) is 3.97. The summed E-state index contributed by atoms with van der Waals surface area (Å²) in [4.78, 5) is 9.29. The molecule has 1 N–H and O–H groups in total. The van der Waals surface area contributed by atoms with E-state index < -0.39 is 0 Å². The van der Waals surface area contributed by atoms with Crippen molar-refractivity contribution in [3.05, 3.63) is 0 Å². The number of likely N-dealkylation sites (tertiary alicyclic amines) is 1. The summed E-state index contributed by atoms with van der Waals surface area (Å²) in [7, 11) is 1.85. The first-order valence-electron chi connectivity index (χ1n) is 7.70. The maximum Gasteiger partial charge on any atom is 0.193 e. The molecule has 6 nitrogen and oxygen atoms in total. The number of guanidine groups is 1. The Bertz CT molecular complexity index is 306. The number of rotatable bonds is 5. The van der Waals surface area contributed by atoms with Crippen molar-refractivity contribution >= 4 is 5.96 Å². The Morgan fingerprint density at radius 2 is 2.15 bits per heavy atom. The summed E-state index contributed by atoms with van der Waals surface area (Å²) in [5.74, 6) is 1.00. The van der Waals surface area contributed by atoms with E-state index in [9.17, 15) is 0 Å². The van der Waals surface area contributed by atoms with Crippen LogP contribution in [0.25, 0.3) is 0 Å². The van der Waals surface area contributed by atoms with Crippen LogP contribution < -0.4 is 5.32 Å². The van der Waals surface area contributed by atoms with Crippen molar-refractivity contribution in [1.82, 2.24) is 15.1 Å². The smallest absolute Gasteiger partial charge is 0.193 e. The monoisotopic (exact) mass is 284 g/mol. The molecule has 0 saturated carbocycles. The topological polar surface area (TPSA) is 49.3 Å². The van der Waals surface area contributed by atoms with E-state index in [4.69, 9.17) is 9.47 Å². The minimum absolute atomic E-state index is 0.643. The molecule has 20 heavy (non-hydrogen) atoms. The number of morpholine rings is 1. The van der Waals surface area contributed by atoms with E-state index in [0.717, 1.165) is 65.1 Å². The highest BCUT2D eigenvalue weighted by atomic mass is 16.5. The molecular formula is C14H28N4O2. The van der Waals surface area contributed by atoms with Crippen molar-refractivity contribution < 1.29 is 9.47 Å². The lowest BCUT2D eigenvalue weighted by Crippen LogP contribution is -2.47. The molecule has 2 saturated heterocycles. The van der Waals surface area contributed by atoms with Crippen LogP contribution in [0.3, 0.4) is 0 Å². The molecule has 2 fully saturated rings. The summed E-state index contributed by atoms with van der Waals surface area (Å²) in [5, 5.41) is 3.38. The fraction of sp³-hybridized carbons (Fsp3) is 0.929. The number of hydrogen-bond donors (Lipinski definition) is 1. The minimum atomic E-state index is 0.643. The Hall–Kier alpha value is -0.850. The Labute approximate surface area is 122 Å². The van der Waals surface area contributed by atoms with Gasteiger partial charge in [0.05, 0.1) is 19.8 Å². The summed E-state index contributed by atoms with van der Waals surface area (Å²) in [5.41, 5.74) is 0. The summed E-state index contributed by atoms with van der Waals surface area (Å²) in [6.45, 7) is 10.4. The number of aliphatic imine (C=N–C) groups is 1. The van der Waals surface area contributed by atoms with E-state index in [1.54, 1.807) is 0 Å². The second kappa shape index (κ2) is 8.44. The fourth-order valence-corrected chi connectivity index (χ4v) is 2.89. The third-order valence-electron chi connectivity index (χ3n) is 3.97. The van der Waals surface area contributed by atoms with Crippen molar-refractivity contribution in [2.24, 2.45) is 4.99 Å². The first-order chi connectivity index (χ1) is 9.85. The largest absolute Gasteiger partial charge is 0.380 e. The van der Waals surface area contributed by atoms with Gasteiger partial charge in [0.2, 0.25) is 0 Å². The minimum Gasteiger partial charge on any atom is -0.380 e. The Morgan fingerprint density at radius 3 is 2.85 bits per heavy atom. The molecule has 0 amide bonds. The predicted octanol–water partition coefficient (Wildman–Crippen LogP) is 0.00480. The number of nitrogens with zero attached hydrogens (tertiary/aromatic N) is 3. The molecule has 0 aromatic rings. The number of ether oxygens (including phenoxy) is 2. The molecule has 0 aromatic carbocycles. The molecule has 0 aliphatic carbocycles. The van der Waals surface area contributed by atoms with E-state index >= 15 is 0 Å². The van der Waals surface area contributed by atoms with Gasteiger partial charge in [-0.25, -0.2) is 0 Å². The van der Waals surface area contributed by atoms with Crippen LogP contribution >= 0.6 is 0 Å².